The molecule has 0 saturated heterocycles. The highest BCUT2D eigenvalue weighted by molar-refractivity contribution is 5.83. The molecule has 0 saturated carbocycles. The molecule has 0 aliphatic carbocycles. The Morgan fingerprint density at radius 3 is 2.55 bits per heavy atom. The molecule has 1 aromatic heterocycles. The third kappa shape index (κ3) is 5.47. The summed E-state index contributed by atoms with van der Waals surface area (Å²) >= 11 is 0. The van der Waals surface area contributed by atoms with E-state index < -0.39 is 5.63 Å². The Balaban J connectivity index is 1.88. The molecule has 0 unspecified atom stereocenters. The van der Waals surface area contributed by atoms with E-state index in [2.05, 4.69) is 0 Å². The van der Waals surface area contributed by atoms with Gasteiger partial charge in [0.15, 0.2) is 0 Å². The fourth-order valence-electron chi connectivity index (χ4n) is 3.09. The first-order valence-corrected chi connectivity index (χ1v) is 9.87. The van der Waals surface area contributed by atoms with Crippen molar-refractivity contribution in [1.82, 2.24) is 0 Å². The molecule has 0 aliphatic heterocycles. The van der Waals surface area contributed by atoms with Gasteiger partial charge in [0.05, 0.1) is 6.61 Å². The summed E-state index contributed by atoms with van der Waals surface area (Å²) in [4.78, 5) is 23.7. The number of aryl methyl sites for hydroxylation is 3. The summed E-state index contributed by atoms with van der Waals surface area (Å²) in [6.07, 6.45) is 1.55. The standard InChI is InChI=1S/C24H26O5/c1-4-11-27-23(25)10-9-19-13-20-17(3)12-24(26)29-22(20)14-21(19)28-15-18-7-5-16(2)6-8-18/h5-8,12-14H,4,9-11,15H2,1-3H3. The highest BCUT2D eigenvalue weighted by Crippen LogP contribution is 2.29. The van der Waals surface area contributed by atoms with E-state index in [0.29, 0.717) is 31.0 Å². The Labute approximate surface area is 170 Å². The number of esters is 1. The van der Waals surface area contributed by atoms with Crippen LogP contribution in [0.3, 0.4) is 0 Å². The molecule has 0 bridgehead atoms. The lowest BCUT2D eigenvalue weighted by atomic mass is 10.0. The third-order valence-electron chi connectivity index (χ3n) is 4.71. The highest BCUT2D eigenvalue weighted by Gasteiger charge is 2.13. The second-order valence-electron chi connectivity index (χ2n) is 7.20. The first-order chi connectivity index (χ1) is 14.0. The number of ether oxygens (including phenoxy) is 2. The molecule has 0 spiro atoms. The third-order valence-corrected chi connectivity index (χ3v) is 4.71. The molecule has 0 fully saturated rings. The van der Waals surface area contributed by atoms with Gasteiger partial charge in [-0.25, -0.2) is 4.79 Å². The average Bonchev–Trinajstić information content (AvgIpc) is 2.70. The van der Waals surface area contributed by atoms with E-state index in [-0.39, 0.29) is 12.4 Å². The van der Waals surface area contributed by atoms with E-state index in [1.165, 1.54) is 11.6 Å². The summed E-state index contributed by atoms with van der Waals surface area (Å²) in [6, 6.07) is 13.2. The SMILES string of the molecule is CCCOC(=O)CCc1cc2c(C)cc(=O)oc2cc1OCc1ccc(C)cc1. The Morgan fingerprint density at radius 2 is 1.83 bits per heavy atom. The maximum Gasteiger partial charge on any atom is 0.336 e. The normalized spacial score (nSPS) is 10.9. The van der Waals surface area contributed by atoms with Crippen LogP contribution in [0.5, 0.6) is 5.75 Å². The minimum Gasteiger partial charge on any atom is -0.488 e. The summed E-state index contributed by atoms with van der Waals surface area (Å²) < 4.78 is 16.6. The van der Waals surface area contributed by atoms with E-state index in [1.54, 1.807) is 6.07 Å². The molecule has 0 aliphatic rings. The van der Waals surface area contributed by atoms with Crippen molar-refractivity contribution in [1.29, 1.82) is 0 Å². The predicted octanol–water partition coefficient (Wildman–Crippen LogP) is 4.87. The second kappa shape index (κ2) is 9.41. The largest absolute Gasteiger partial charge is 0.488 e. The second-order valence-corrected chi connectivity index (χ2v) is 7.20. The van der Waals surface area contributed by atoms with Crippen molar-refractivity contribution in [3.63, 3.8) is 0 Å². The van der Waals surface area contributed by atoms with Crippen LogP contribution >= 0.6 is 0 Å². The van der Waals surface area contributed by atoms with Crippen LogP contribution < -0.4 is 10.4 Å². The van der Waals surface area contributed by atoms with Gasteiger partial charge >= 0.3 is 11.6 Å². The van der Waals surface area contributed by atoms with Crippen molar-refractivity contribution in [3.05, 3.63) is 75.1 Å². The minimum atomic E-state index is -0.393. The van der Waals surface area contributed by atoms with Gasteiger partial charge in [-0.15, -0.1) is 0 Å². The number of hydrogen-bond acceptors (Lipinski definition) is 5. The number of hydrogen-bond donors (Lipinski definition) is 0. The van der Waals surface area contributed by atoms with Crippen molar-refractivity contribution in [2.75, 3.05) is 6.61 Å². The van der Waals surface area contributed by atoms with Crippen LogP contribution in [0.15, 0.2) is 51.7 Å². The van der Waals surface area contributed by atoms with Gasteiger partial charge in [0, 0.05) is 23.9 Å². The van der Waals surface area contributed by atoms with Crippen molar-refractivity contribution in [2.45, 2.75) is 46.6 Å². The molecule has 152 valence electrons. The van der Waals surface area contributed by atoms with Crippen LogP contribution in [0.4, 0.5) is 0 Å². The van der Waals surface area contributed by atoms with Gasteiger partial charge in [-0.1, -0.05) is 36.8 Å². The van der Waals surface area contributed by atoms with Crippen LogP contribution in [-0.2, 0) is 22.6 Å². The zero-order valence-corrected chi connectivity index (χ0v) is 17.1. The summed E-state index contributed by atoms with van der Waals surface area (Å²) in [5.41, 5.74) is 4.02. The average molecular weight is 394 g/mol. The van der Waals surface area contributed by atoms with Crippen molar-refractivity contribution in [2.24, 2.45) is 0 Å². The maximum atomic E-state index is 12.0. The lowest BCUT2D eigenvalue weighted by Crippen LogP contribution is -2.08. The molecule has 3 rings (SSSR count). The first kappa shape index (κ1) is 20.6. The topological polar surface area (TPSA) is 65.7 Å². The molecule has 3 aromatic rings. The van der Waals surface area contributed by atoms with Crippen molar-refractivity contribution in [3.8, 4) is 5.75 Å². The smallest absolute Gasteiger partial charge is 0.336 e. The Kier molecular flexibility index (Phi) is 6.70. The Hall–Kier alpha value is -3.08. The molecule has 5 nitrogen and oxygen atoms in total. The van der Waals surface area contributed by atoms with Crippen molar-refractivity contribution < 1.29 is 18.7 Å². The number of benzene rings is 2. The summed E-state index contributed by atoms with van der Waals surface area (Å²) in [7, 11) is 0. The summed E-state index contributed by atoms with van der Waals surface area (Å²) in [6.45, 7) is 6.68. The molecule has 0 radical (unpaired) electrons. The van der Waals surface area contributed by atoms with Gasteiger partial charge in [0.25, 0.3) is 0 Å². The van der Waals surface area contributed by atoms with E-state index in [4.69, 9.17) is 13.9 Å². The van der Waals surface area contributed by atoms with Crippen LogP contribution in [0, 0.1) is 13.8 Å². The number of rotatable bonds is 8. The highest BCUT2D eigenvalue weighted by atomic mass is 16.5. The molecular weight excluding hydrogens is 368 g/mol. The van der Waals surface area contributed by atoms with Gasteiger partial charge < -0.3 is 13.9 Å². The van der Waals surface area contributed by atoms with Gasteiger partial charge in [0.1, 0.15) is 17.9 Å². The zero-order chi connectivity index (χ0) is 20.8. The zero-order valence-electron chi connectivity index (χ0n) is 17.1. The van der Waals surface area contributed by atoms with Gasteiger partial charge in [-0.05, 0) is 49.4 Å². The number of carbonyl (C=O) groups is 1. The molecule has 5 heteroatoms. The molecule has 0 N–H and O–H groups in total. The quantitative estimate of drug-likeness (QED) is 0.403. The van der Waals surface area contributed by atoms with Gasteiger partial charge in [-0.2, -0.15) is 0 Å². The van der Waals surface area contributed by atoms with Gasteiger partial charge in [0.2, 0.25) is 0 Å². The predicted molar refractivity (Wildman–Crippen MR) is 112 cm³/mol. The van der Waals surface area contributed by atoms with Crippen molar-refractivity contribution >= 4 is 16.9 Å². The summed E-state index contributed by atoms with van der Waals surface area (Å²) in [5.74, 6) is 0.378. The molecule has 29 heavy (non-hydrogen) atoms. The number of fused-ring (bicyclic) bond motifs is 1. The monoisotopic (exact) mass is 394 g/mol. The molecule has 0 amide bonds. The van der Waals surface area contributed by atoms with Crippen LogP contribution in [0.2, 0.25) is 0 Å². The van der Waals surface area contributed by atoms with Gasteiger partial charge in [-0.3, -0.25) is 4.79 Å². The number of carbonyl (C=O) groups excluding carboxylic acids is 1. The van der Waals surface area contributed by atoms with Crippen LogP contribution in [-0.4, -0.2) is 12.6 Å². The molecule has 1 heterocycles. The van der Waals surface area contributed by atoms with E-state index >= 15 is 0 Å². The molecule has 0 atom stereocenters. The van der Waals surface area contributed by atoms with Crippen LogP contribution in [0.1, 0.15) is 42.0 Å². The Morgan fingerprint density at radius 1 is 1.07 bits per heavy atom. The fourth-order valence-corrected chi connectivity index (χ4v) is 3.09. The summed E-state index contributed by atoms with van der Waals surface area (Å²) in [5, 5.41) is 0.837. The maximum absolute atomic E-state index is 12.0. The minimum absolute atomic E-state index is 0.229. The van der Waals surface area contributed by atoms with Crippen LogP contribution in [0.25, 0.3) is 11.0 Å². The molecule has 2 aromatic carbocycles. The lowest BCUT2D eigenvalue weighted by Gasteiger charge is -2.14. The first-order valence-electron chi connectivity index (χ1n) is 9.87. The molecular formula is C24H26O5. The lowest BCUT2D eigenvalue weighted by molar-refractivity contribution is -0.143. The van der Waals surface area contributed by atoms with E-state index in [0.717, 1.165) is 28.5 Å². The van der Waals surface area contributed by atoms with E-state index in [1.807, 2.05) is 51.1 Å². The Bertz CT molecular complexity index is 1050. The fraction of sp³-hybridized carbons (Fsp3) is 0.333. The van der Waals surface area contributed by atoms with E-state index in [9.17, 15) is 9.59 Å².